The van der Waals surface area contributed by atoms with Crippen LogP contribution in [0.15, 0.2) is 36.4 Å². The maximum atomic E-state index is 5.94. The summed E-state index contributed by atoms with van der Waals surface area (Å²) in [6, 6.07) is 10.6. The Morgan fingerprint density at radius 1 is 1.06 bits per heavy atom. The van der Waals surface area contributed by atoms with Gasteiger partial charge in [-0.05, 0) is 18.2 Å². The summed E-state index contributed by atoms with van der Waals surface area (Å²) in [6.45, 7) is 0. The van der Waals surface area contributed by atoms with Crippen molar-refractivity contribution in [3.8, 4) is 11.6 Å². The van der Waals surface area contributed by atoms with Crippen molar-refractivity contribution in [2.24, 2.45) is 0 Å². The third kappa shape index (κ3) is 2.62. The summed E-state index contributed by atoms with van der Waals surface area (Å²) in [5.74, 6) is 1.28. The molecule has 0 fully saturated rings. The van der Waals surface area contributed by atoms with E-state index in [9.17, 15) is 0 Å². The van der Waals surface area contributed by atoms with Gasteiger partial charge in [0, 0.05) is 6.07 Å². The summed E-state index contributed by atoms with van der Waals surface area (Å²) in [6.07, 6.45) is 0. The highest BCUT2D eigenvalue weighted by Crippen LogP contribution is 2.27. The average molecular weight is 255 g/mol. The van der Waals surface area contributed by atoms with E-state index in [1.54, 1.807) is 24.3 Å². The molecular formula is C11H8Cl2N2O. The first-order chi connectivity index (χ1) is 7.79. The lowest BCUT2D eigenvalue weighted by Gasteiger charge is -2.05. The second kappa shape index (κ2) is 5.14. The maximum Gasteiger partial charge on any atom is 0.238 e. The van der Waals surface area contributed by atoms with Crippen LogP contribution in [0.1, 0.15) is 5.69 Å². The van der Waals surface area contributed by atoms with Gasteiger partial charge in [-0.3, -0.25) is 0 Å². The molecule has 1 aromatic carbocycles. The number of alkyl halides is 1. The zero-order valence-electron chi connectivity index (χ0n) is 8.23. The zero-order chi connectivity index (χ0) is 11.4. The Hall–Kier alpha value is -1.32. The van der Waals surface area contributed by atoms with Crippen molar-refractivity contribution in [2.75, 3.05) is 0 Å². The molecule has 3 nitrogen and oxygen atoms in total. The van der Waals surface area contributed by atoms with Gasteiger partial charge >= 0.3 is 0 Å². The Morgan fingerprint density at radius 2 is 1.88 bits per heavy atom. The van der Waals surface area contributed by atoms with Crippen molar-refractivity contribution < 1.29 is 4.74 Å². The summed E-state index contributed by atoms with van der Waals surface area (Å²) in [4.78, 5) is 0. The first-order valence-electron chi connectivity index (χ1n) is 4.60. The SMILES string of the molecule is ClCc1ccc(Oc2ccccc2Cl)nn1. The minimum atomic E-state index is 0.333. The van der Waals surface area contributed by atoms with Gasteiger partial charge in [-0.2, -0.15) is 5.10 Å². The van der Waals surface area contributed by atoms with Crippen LogP contribution in [0, 0.1) is 0 Å². The molecule has 0 bridgehead atoms. The predicted molar refractivity (Wildman–Crippen MR) is 63.1 cm³/mol. The topological polar surface area (TPSA) is 35.0 Å². The summed E-state index contributed by atoms with van der Waals surface area (Å²) >= 11 is 11.5. The van der Waals surface area contributed by atoms with Gasteiger partial charge in [0.15, 0.2) is 0 Å². The highest BCUT2D eigenvalue weighted by Gasteiger charge is 2.03. The Morgan fingerprint density at radius 3 is 2.50 bits per heavy atom. The van der Waals surface area contributed by atoms with Crippen LogP contribution in [0.25, 0.3) is 0 Å². The molecule has 0 saturated carbocycles. The Kier molecular flexibility index (Phi) is 3.59. The van der Waals surface area contributed by atoms with Gasteiger partial charge in [0.2, 0.25) is 5.88 Å². The second-order valence-corrected chi connectivity index (χ2v) is 3.70. The van der Waals surface area contributed by atoms with E-state index in [1.165, 1.54) is 0 Å². The molecule has 0 spiro atoms. The highest BCUT2D eigenvalue weighted by molar-refractivity contribution is 6.32. The van der Waals surface area contributed by atoms with E-state index < -0.39 is 0 Å². The summed E-state index contributed by atoms with van der Waals surface area (Å²) in [7, 11) is 0. The molecule has 2 rings (SSSR count). The lowest BCUT2D eigenvalue weighted by atomic mass is 10.3. The van der Waals surface area contributed by atoms with Crippen LogP contribution in [-0.2, 0) is 5.88 Å². The van der Waals surface area contributed by atoms with Crippen LogP contribution >= 0.6 is 23.2 Å². The third-order valence-electron chi connectivity index (χ3n) is 1.88. The highest BCUT2D eigenvalue weighted by atomic mass is 35.5. The molecule has 0 aliphatic carbocycles. The first-order valence-corrected chi connectivity index (χ1v) is 5.52. The average Bonchev–Trinajstić information content (AvgIpc) is 2.33. The van der Waals surface area contributed by atoms with Crippen molar-refractivity contribution in [1.82, 2.24) is 10.2 Å². The van der Waals surface area contributed by atoms with Crippen LogP contribution in [-0.4, -0.2) is 10.2 Å². The van der Waals surface area contributed by atoms with Gasteiger partial charge in [0.25, 0.3) is 0 Å². The summed E-state index contributed by atoms with van der Waals surface area (Å²) < 4.78 is 5.46. The lowest BCUT2D eigenvalue weighted by Crippen LogP contribution is -1.93. The minimum absolute atomic E-state index is 0.333. The number of hydrogen-bond donors (Lipinski definition) is 0. The lowest BCUT2D eigenvalue weighted by molar-refractivity contribution is 0.454. The van der Waals surface area contributed by atoms with Gasteiger partial charge in [0.05, 0.1) is 16.6 Å². The van der Waals surface area contributed by atoms with Gasteiger partial charge in [-0.25, -0.2) is 0 Å². The Bertz CT molecular complexity index is 474. The van der Waals surface area contributed by atoms with Crippen LogP contribution in [0.4, 0.5) is 0 Å². The monoisotopic (exact) mass is 254 g/mol. The van der Waals surface area contributed by atoms with E-state index in [0.717, 1.165) is 0 Å². The van der Waals surface area contributed by atoms with Gasteiger partial charge in [-0.15, -0.1) is 16.7 Å². The molecule has 82 valence electrons. The smallest absolute Gasteiger partial charge is 0.238 e. The summed E-state index contributed by atoms with van der Waals surface area (Å²) in [5.41, 5.74) is 0.702. The van der Waals surface area contributed by atoms with Crippen LogP contribution < -0.4 is 4.74 Å². The molecule has 0 amide bonds. The van der Waals surface area contributed by atoms with Crippen molar-refractivity contribution in [2.45, 2.75) is 5.88 Å². The molecular weight excluding hydrogens is 247 g/mol. The van der Waals surface area contributed by atoms with E-state index in [0.29, 0.717) is 28.2 Å². The summed E-state index contributed by atoms with van der Waals surface area (Å²) in [5, 5.41) is 8.28. The van der Waals surface area contributed by atoms with Crippen LogP contribution in [0.3, 0.4) is 0 Å². The fraction of sp³-hybridized carbons (Fsp3) is 0.0909. The molecule has 2 aromatic rings. The maximum absolute atomic E-state index is 5.94. The molecule has 0 saturated heterocycles. The standard InChI is InChI=1S/C11H8Cl2N2O/c12-7-8-5-6-11(15-14-8)16-10-4-2-1-3-9(10)13/h1-6H,7H2. The van der Waals surface area contributed by atoms with E-state index in [-0.39, 0.29) is 0 Å². The van der Waals surface area contributed by atoms with Crippen molar-refractivity contribution in [3.63, 3.8) is 0 Å². The molecule has 16 heavy (non-hydrogen) atoms. The molecule has 5 heteroatoms. The fourth-order valence-electron chi connectivity index (χ4n) is 1.11. The third-order valence-corrected chi connectivity index (χ3v) is 2.47. The number of halogens is 2. The molecule has 0 atom stereocenters. The number of nitrogens with zero attached hydrogens (tertiary/aromatic N) is 2. The molecule has 0 aliphatic heterocycles. The quantitative estimate of drug-likeness (QED) is 0.785. The van der Waals surface area contributed by atoms with E-state index in [2.05, 4.69) is 10.2 Å². The molecule has 1 aromatic heterocycles. The molecule has 0 N–H and O–H groups in total. The van der Waals surface area contributed by atoms with Gasteiger partial charge in [0.1, 0.15) is 5.75 Å². The zero-order valence-corrected chi connectivity index (χ0v) is 9.74. The first kappa shape index (κ1) is 11.2. The van der Waals surface area contributed by atoms with Gasteiger partial charge < -0.3 is 4.74 Å². The van der Waals surface area contributed by atoms with E-state index >= 15 is 0 Å². The predicted octanol–water partition coefficient (Wildman–Crippen LogP) is 3.66. The number of hydrogen-bond acceptors (Lipinski definition) is 3. The number of benzene rings is 1. The van der Waals surface area contributed by atoms with Crippen molar-refractivity contribution in [3.05, 3.63) is 47.1 Å². The number of aromatic nitrogens is 2. The number of rotatable bonds is 3. The molecule has 0 radical (unpaired) electrons. The minimum Gasteiger partial charge on any atom is -0.436 e. The second-order valence-electron chi connectivity index (χ2n) is 3.03. The fourth-order valence-corrected chi connectivity index (χ4v) is 1.43. The molecule has 1 heterocycles. The van der Waals surface area contributed by atoms with Crippen LogP contribution in [0.5, 0.6) is 11.6 Å². The normalized spacial score (nSPS) is 10.1. The molecule has 0 aliphatic rings. The largest absolute Gasteiger partial charge is 0.436 e. The number of ether oxygens (including phenoxy) is 1. The Balaban J connectivity index is 2.18. The van der Waals surface area contributed by atoms with E-state index in [1.807, 2.05) is 12.1 Å². The number of para-hydroxylation sites is 1. The van der Waals surface area contributed by atoms with Gasteiger partial charge in [-0.1, -0.05) is 23.7 Å². The van der Waals surface area contributed by atoms with E-state index in [4.69, 9.17) is 27.9 Å². The molecule has 0 unspecified atom stereocenters. The van der Waals surface area contributed by atoms with Crippen molar-refractivity contribution in [1.29, 1.82) is 0 Å². The Labute approximate surface area is 103 Å². The van der Waals surface area contributed by atoms with Crippen LogP contribution in [0.2, 0.25) is 5.02 Å². The van der Waals surface area contributed by atoms with Crippen molar-refractivity contribution >= 4 is 23.2 Å².